The van der Waals surface area contributed by atoms with Crippen LogP contribution in [0.2, 0.25) is 5.02 Å². The molecular formula is C16H13ClN2OS. The summed E-state index contributed by atoms with van der Waals surface area (Å²) < 4.78 is 1.05. The number of hydrogen-bond donors (Lipinski definition) is 2. The molecule has 0 spiro atoms. The molecule has 0 saturated heterocycles. The molecule has 0 bridgehead atoms. The van der Waals surface area contributed by atoms with Gasteiger partial charge in [-0.05, 0) is 36.8 Å². The number of amides is 1. The van der Waals surface area contributed by atoms with E-state index in [1.807, 2.05) is 25.1 Å². The number of aryl methyl sites for hydroxylation is 1. The topological polar surface area (TPSA) is 55.1 Å². The van der Waals surface area contributed by atoms with Gasteiger partial charge in [-0.25, -0.2) is 0 Å². The van der Waals surface area contributed by atoms with E-state index in [1.54, 1.807) is 24.3 Å². The highest BCUT2D eigenvalue weighted by molar-refractivity contribution is 7.21. The molecule has 0 fully saturated rings. The fraction of sp³-hybridized carbons (Fsp3) is 0.0625. The first-order valence-electron chi connectivity index (χ1n) is 6.41. The maximum absolute atomic E-state index is 12.4. The lowest BCUT2D eigenvalue weighted by Crippen LogP contribution is -2.11. The van der Waals surface area contributed by atoms with Crippen molar-refractivity contribution in [2.24, 2.45) is 0 Å². The van der Waals surface area contributed by atoms with E-state index in [-0.39, 0.29) is 5.91 Å². The van der Waals surface area contributed by atoms with Crippen molar-refractivity contribution in [3.8, 4) is 0 Å². The third-order valence-electron chi connectivity index (χ3n) is 3.26. The number of nitrogens with one attached hydrogen (secondary N) is 1. The molecule has 0 atom stereocenters. The van der Waals surface area contributed by atoms with Crippen LogP contribution >= 0.6 is 22.9 Å². The maximum Gasteiger partial charge on any atom is 0.267 e. The highest BCUT2D eigenvalue weighted by atomic mass is 35.5. The fourth-order valence-electron chi connectivity index (χ4n) is 2.17. The average Bonchev–Trinajstić information content (AvgIpc) is 2.81. The predicted molar refractivity (Wildman–Crippen MR) is 90.4 cm³/mol. The summed E-state index contributed by atoms with van der Waals surface area (Å²) in [5.74, 6) is -0.199. The second-order valence-corrected chi connectivity index (χ2v) is 6.21. The Bertz CT molecular complexity index is 824. The Morgan fingerprint density at radius 1 is 1.19 bits per heavy atom. The monoisotopic (exact) mass is 316 g/mol. The van der Waals surface area contributed by atoms with Crippen LogP contribution < -0.4 is 11.1 Å². The minimum absolute atomic E-state index is 0.199. The summed E-state index contributed by atoms with van der Waals surface area (Å²) in [6.07, 6.45) is 0. The zero-order chi connectivity index (χ0) is 15.0. The molecule has 106 valence electrons. The minimum atomic E-state index is -0.199. The number of nitrogen functional groups attached to an aromatic ring is 1. The Labute approximate surface area is 131 Å². The first kappa shape index (κ1) is 13.9. The largest absolute Gasteiger partial charge is 0.397 e. The summed E-state index contributed by atoms with van der Waals surface area (Å²) in [5, 5.41) is 4.40. The average molecular weight is 317 g/mol. The Morgan fingerprint density at radius 2 is 1.90 bits per heavy atom. The van der Waals surface area contributed by atoms with E-state index < -0.39 is 0 Å². The van der Waals surface area contributed by atoms with Gasteiger partial charge in [-0.3, -0.25) is 4.79 Å². The summed E-state index contributed by atoms with van der Waals surface area (Å²) >= 11 is 7.25. The van der Waals surface area contributed by atoms with Crippen LogP contribution in [0.25, 0.3) is 10.1 Å². The van der Waals surface area contributed by atoms with E-state index in [2.05, 4.69) is 5.32 Å². The van der Waals surface area contributed by atoms with Gasteiger partial charge in [0.2, 0.25) is 0 Å². The molecule has 1 heterocycles. The Morgan fingerprint density at radius 3 is 2.57 bits per heavy atom. The van der Waals surface area contributed by atoms with Gasteiger partial charge in [-0.15, -0.1) is 11.3 Å². The molecule has 1 aromatic heterocycles. The van der Waals surface area contributed by atoms with Gasteiger partial charge in [0.25, 0.3) is 5.91 Å². The summed E-state index contributed by atoms with van der Waals surface area (Å²) in [6, 6.07) is 12.9. The highest BCUT2D eigenvalue weighted by Crippen LogP contribution is 2.35. The second-order valence-electron chi connectivity index (χ2n) is 4.76. The van der Waals surface area contributed by atoms with Crippen LogP contribution in [0.1, 0.15) is 15.2 Å². The van der Waals surface area contributed by atoms with Gasteiger partial charge in [0.15, 0.2) is 0 Å². The van der Waals surface area contributed by atoms with Crippen LogP contribution in [0.5, 0.6) is 0 Å². The third-order valence-corrected chi connectivity index (χ3v) is 4.87. The number of rotatable bonds is 2. The van der Waals surface area contributed by atoms with Crippen molar-refractivity contribution in [2.75, 3.05) is 11.1 Å². The van der Waals surface area contributed by atoms with Gasteiger partial charge in [-0.1, -0.05) is 29.8 Å². The van der Waals surface area contributed by atoms with Crippen LogP contribution in [0.4, 0.5) is 11.4 Å². The van der Waals surface area contributed by atoms with Gasteiger partial charge in [-0.2, -0.15) is 0 Å². The summed E-state index contributed by atoms with van der Waals surface area (Å²) in [5.41, 5.74) is 8.46. The Kier molecular flexibility index (Phi) is 3.57. The normalized spacial score (nSPS) is 10.8. The van der Waals surface area contributed by atoms with E-state index in [9.17, 15) is 4.79 Å². The van der Waals surface area contributed by atoms with Crippen molar-refractivity contribution in [3.05, 3.63) is 57.9 Å². The number of fused-ring (bicyclic) bond motifs is 1. The predicted octanol–water partition coefficient (Wildman–Crippen LogP) is 4.70. The molecule has 3 N–H and O–H groups in total. The molecule has 3 aromatic rings. The smallest absolute Gasteiger partial charge is 0.267 e. The van der Waals surface area contributed by atoms with Crippen molar-refractivity contribution in [3.63, 3.8) is 0 Å². The zero-order valence-corrected chi connectivity index (χ0v) is 12.9. The van der Waals surface area contributed by atoms with Crippen molar-refractivity contribution >= 4 is 50.3 Å². The lowest BCUT2D eigenvalue weighted by atomic mass is 10.1. The second kappa shape index (κ2) is 5.39. The molecule has 5 heteroatoms. The number of halogens is 1. The number of anilines is 2. The molecule has 0 saturated carbocycles. The first-order valence-corrected chi connectivity index (χ1v) is 7.60. The highest BCUT2D eigenvalue weighted by Gasteiger charge is 2.17. The fourth-order valence-corrected chi connectivity index (χ4v) is 3.38. The van der Waals surface area contributed by atoms with Gasteiger partial charge in [0, 0.05) is 20.8 Å². The van der Waals surface area contributed by atoms with Gasteiger partial charge < -0.3 is 11.1 Å². The Hall–Kier alpha value is -2.04. The molecule has 0 aliphatic heterocycles. The number of thiophene rings is 1. The van der Waals surface area contributed by atoms with Crippen LogP contribution in [-0.4, -0.2) is 5.91 Å². The van der Waals surface area contributed by atoms with Crippen molar-refractivity contribution < 1.29 is 4.79 Å². The van der Waals surface area contributed by atoms with Crippen molar-refractivity contribution in [1.29, 1.82) is 0 Å². The molecule has 21 heavy (non-hydrogen) atoms. The van der Waals surface area contributed by atoms with Crippen molar-refractivity contribution in [1.82, 2.24) is 0 Å². The van der Waals surface area contributed by atoms with Gasteiger partial charge in [0.05, 0.1) is 5.69 Å². The minimum Gasteiger partial charge on any atom is -0.397 e. The number of carbonyl (C=O) groups is 1. The zero-order valence-electron chi connectivity index (χ0n) is 11.3. The van der Waals surface area contributed by atoms with Gasteiger partial charge in [0.1, 0.15) is 4.88 Å². The van der Waals surface area contributed by atoms with Crippen molar-refractivity contribution in [2.45, 2.75) is 6.92 Å². The number of nitrogens with two attached hydrogens (primary N) is 1. The summed E-state index contributed by atoms with van der Waals surface area (Å²) in [6.45, 7) is 2.01. The summed E-state index contributed by atoms with van der Waals surface area (Å²) in [4.78, 5) is 12.9. The molecule has 1 amide bonds. The lowest BCUT2D eigenvalue weighted by molar-refractivity contribution is 0.103. The van der Waals surface area contributed by atoms with E-state index >= 15 is 0 Å². The number of carbonyl (C=O) groups excluding carboxylic acids is 1. The van der Waals surface area contributed by atoms with Crippen LogP contribution in [0, 0.1) is 6.92 Å². The number of benzene rings is 2. The Balaban J connectivity index is 1.96. The number of hydrogen-bond acceptors (Lipinski definition) is 3. The molecule has 0 radical (unpaired) electrons. The quantitative estimate of drug-likeness (QED) is 0.720. The molecule has 3 nitrogen and oxygen atoms in total. The van der Waals surface area contributed by atoms with E-state index in [0.29, 0.717) is 21.3 Å². The van der Waals surface area contributed by atoms with Crippen LogP contribution in [-0.2, 0) is 0 Å². The van der Waals surface area contributed by atoms with E-state index in [0.717, 1.165) is 15.6 Å². The van der Waals surface area contributed by atoms with E-state index in [1.165, 1.54) is 11.3 Å². The first-order chi connectivity index (χ1) is 10.1. The SMILES string of the molecule is Cc1cccc2c(N)c(C(=O)Nc3ccc(Cl)cc3)sc12. The van der Waals surface area contributed by atoms with Crippen LogP contribution in [0.15, 0.2) is 42.5 Å². The molecule has 0 unspecified atom stereocenters. The van der Waals surface area contributed by atoms with Gasteiger partial charge >= 0.3 is 0 Å². The van der Waals surface area contributed by atoms with E-state index in [4.69, 9.17) is 17.3 Å². The molecule has 3 rings (SSSR count). The molecule has 0 aliphatic carbocycles. The third kappa shape index (κ3) is 2.60. The molecule has 2 aromatic carbocycles. The maximum atomic E-state index is 12.4. The lowest BCUT2D eigenvalue weighted by Gasteiger charge is -2.04. The van der Waals surface area contributed by atoms with Crippen LogP contribution in [0.3, 0.4) is 0 Å². The molecule has 0 aliphatic rings. The summed E-state index contributed by atoms with van der Waals surface area (Å²) in [7, 11) is 0. The standard InChI is InChI=1S/C16H13ClN2OS/c1-9-3-2-4-12-13(18)15(21-14(9)12)16(20)19-11-7-5-10(17)6-8-11/h2-8H,18H2,1H3,(H,19,20). The molecular weight excluding hydrogens is 304 g/mol.